The summed E-state index contributed by atoms with van der Waals surface area (Å²) < 4.78 is 5.31. The third-order valence-electron chi connectivity index (χ3n) is 4.51. The van der Waals surface area contributed by atoms with Gasteiger partial charge < -0.3 is 15.8 Å². The number of nitrogens with two attached hydrogens (primary N) is 1. The van der Waals surface area contributed by atoms with Crippen molar-refractivity contribution in [3.8, 4) is 5.75 Å². The molecule has 1 aromatic carbocycles. The number of methoxy groups -OCH3 is 1. The molecule has 128 valence electrons. The fourth-order valence-electron chi connectivity index (χ4n) is 3.21. The minimum atomic E-state index is 0.0821. The average molecular weight is 319 g/mol. The molecule has 0 saturated carbocycles. The highest BCUT2D eigenvalue weighted by molar-refractivity contribution is 5.78. The number of likely N-dealkylation sites (tertiary alicyclic amines) is 1. The van der Waals surface area contributed by atoms with Gasteiger partial charge >= 0.3 is 0 Å². The highest BCUT2D eigenvalue weighted by atomic mass is 16.5. The SMILES string of the molecule is CCc1cc(OC)ccc1CN1CCCC(C(=O)NCCN)C1. The standard InChI is InChI=1S/C18H29N3O2/c1-3-14-11-17(23-2)7-6-15(14)12-21-10-4-5-16(13-21)18(22)20-9-8-19/h6-7,11,16H,3-5,8-10,12-13,19H2,1-2H3,(H,20,22). The van der Waals surface area contributed by atoms with E-state index in [9.17, 15) is 4.79 Å². The Hall–Kier alpha value is -1.59. The molecule has 1 aromatic rings. The lowest BCUT2D eigenvalue weighted by atomic mass is 9.96. The maximum absolute atomic E-state index is 12.2. The Balaban J connectivity index is 1.98. The lowest BCUT2D eigenvalue weighted by molar-refractivity contribution is -0.126. The summed E-state index contributed by atoms with van der Waals surface area (Å²) in [7, 11) is 1.70. The maximum atomic E-state index is 12.2. The summed E-state index contributed by atoms with van der Waals surface area (Å²) >= 11 is 0. The molecule has 0 radical (unpaired) electrons. The van der Waals surface area contributed by atoms with E-state index in [1.807, 2.05) is 6.07 Å². The number of carbonyl (C=O) groups is 1. The first-order valence-electron chi connectivity index (χ1n) is 8.53. The van der Waals surface area contributed by atoms with Gasteiger partial charge in [-0.25, -0.2) is 0 Å². The Morgan fingerprint density at radius 1 is 1.43 bits per heavy atom. The van der Waals surface area contributed by atoms with Crippen LogP contribution >= 0.6 is 0 Å². The minimum Gasteiger partial charge on any atom is -0.497 e. The molecule has 1 aliphatic heterocycles. The molecule has 5 nitrogen and oxygen atoms in total. The van der Waals surface area contributed by atoms with E-state index in [4.69, 9.17) is 10.5 Å². The fourth-order valence-corrected chi connectivity index (χ4v) is 3.21. The summed E-state index contributed by atoms with van der Waals surface area (Å²) in [5.74, 6) is 1.13. The summed E-state index contributed by atoms with van der Waals surface area (Å²) in [5, 5.41) is 2.92. The summed E-state index contributed by atoms with van der Waals surface area (Å²) in [4.78, 5) is 14.5. The first kappa shape index (κ1) is 17.8. The molecule has 0 aliphatic carbocycles. The van der Waals surface area contributed by atoms with Crippen molar-refractivity contribution in [2.75, 3.05) is 33.3 Å². The van der Waals surface area contributed by atoms with E-state index in [-0.39, 0.29) is 11.8 Å². The molecular formula is C18H29N3O2. The van der Waals surface area contributed by atoms with Gasteiger partial charge in [-0.15, -0.1) is 0 Å². The first-order chi connectivity index (χ1) is 11.2. The maximum Gasteiger partial charge on any atom is 0.224 e. The van der Waals surface area contributed by atoms with Gasteiger partial charge in [-0.2, -0.15) is 0 Å². The fraction of sp³-hybridized carbons (Fsp3) is 0.611. The highest BCUT2D eigenvalue weighted by Gasteiger charge is 2.25. The Labute approximate surface area is 139 Å². The predicted octanol–water partition coefficient (Wildman–Crippen LogP) is 1.54. The van der Waals surface area contributed by atoms with Crippen molar-refractivity contribution in [2.45, 2.75) is 32.7 Å². The van der Waals surface area contributed by atoms with Crippen molar-refractivity contribution in [3.63, 3.8) is 0 Å². The van der Waals surface area contributed by atoms with Crippen molar-refractivity contribution in [3.05, 3.63) is 29.3 Å². The highest BCUT2D eigenvalue weighted by Crippen LogP contribution is 2.23. The van der Waals surface area contributed by atoms with E-state index >= 15 is 0 Å². The Kier molecular flexibility index (Phi) is 6.86. The van der Waals surface area contributed by atoms with Gasteiger partial charge in [-0.3, -0.25) is 9.69 Å². The van der Waals surface area contributed by atoms with Crippen LogP contribution in [0.5, 0.6) is 5.75 Å². The molecule has 1 unspecified atom stereocenters. The van der Waals surface area contributed by atoms with Gasteiger partial charge in [-0.05, 0) is 49.1 Å². The van der Waals surface area contributed by atoms with Crippen LogP contribution in [0.1, 0.15) is 30.9 Å². The van der Waals surface area contributed by atoms with Crippen LogP contribution in [0, 0.1) is 5.92 Å². The third kappa shape index (κ3) is 4.94. The zero-order chi connectivity index (χ0) is 16.7. The minimum absolute atomic E-state index is 0.0821. The van der Waals surface area contributed by atoms with Crippen molar-refractivity contribution in [1.82, 2.24) is 10.2 Å². The van der Waals surface area contributed by atoms with Crippen LogP contribution in [0.4, 0.5) is 0 Å². The van der Waals surface area contributed by atoms with Crippen LogP contribution < -0.4 is 15.8 Å². The second-order valence-electron chi connectivity index (χ2n) is 6.14. The van der Waals surface area contributed by atoms with Crippen molar-refractivity contribution < 1.29 is 9.53 Å². The van der Waals surface area contributed by atoms with Crippen LogP contribution in [-0.4, -0.2) is 44.1 Å². The first-order valence-corrected chi connectivity index (χ1v) is 8.53. The molecule has 0 aromatic heterocycles. The number of benzene rings is 1. The van der Waals surface area contributed by atoms with Crippen LogP contribution in [0.2, 0.25) is 0 Å². The number of aryl methyl sites for hydroxylation is 1. The number of nitrogens with one attached hydrogen (secondary N) is 1. The van der Waals surface area contributed by atoms with E-state index in [0.717, 1.165) is 44.6 Å². The van der Waals surface area contributed by atoms with Gasteiger partial charge in [0.25, 0.3) is 0 Å². The molecule has 0 bridgehead atoms. The Bertz CT molecular complexity index is 519. The third-order valence-corrected chi connectivity index (χ3v) is 4.51. The molecule has 0 spiro atoms. The number of ether oxygens (including phenoxy) is 1. The quantitative estimate of drug-likeness (QED) is 0.800. The summed E-state index contributed by atoms with van der Waals surface area (Å²) in [5.41, 5.74) is 8.10. The monoisotopic (exact) mass is 319 g/mol. The van der Waals surface area contributed by atoms with Crippen molar-refractivity contribution in [1.29, 1.82) is 0 Å². The molecule has 1 amide bonds. The smallest absolute Gasteiger partial charge is 0.224 e. The Morgan fingerprint density at radius 3 is 2.96 bits per heavy atom. The molecule has 5 heteroatoms. The normalized spacial score (nSPS) is 18.7. The van der Waals surface area contributed by atoms with Gasteiger partial charge in [0, 0.05) is 26.2 Å². The number of hydrogen-bond acceptors (Lipinski definition) is 4. The predicted molar refractivity (Wildman–Crippen MR) is 92.4 cm³/mol. The van der Waals surface area contributed by atoms with E-state index in [1.54, 1.807) is 7.11 Å². The Morgan fingerprint density at radius 2 is 2.26 bits per heavy atom. The number of carbonyl (C=O) groups excluding carboxylic acids is 1. The summed E-state index contributed by atoms with van der Waals surface area (Å²) in [6.45, 7) is 5.99. The zero-order valence-electron chi connectivity index (χ0n) is 14.3. The number of amides is 1. The molecule has 23 heavy (non-hydrogen) atoms. The second kappa shape index (κ2) is 8.89. The number of piperidine rings is 1. The van der Waals surface area contributed by atoms with Crippen LogP contribution in [0.3, 0.4) is 0 Å². The molecule has 1 saturated heterocycles. The van der Waals surface area contributed by atoms with Crippen molar-refractivity contribution >= 4 is 5.91 Å². The topological polar surface area (TPSA) is 67.6 Å². The van der Waals surface area contributed by atoms with Crippen molar-refractivity contribution in [2.24, 2.45) is 11.7 Å². The van der Waals surface area contributed by atoms with Gasteiger partial charge in [0.15, 0.2) is 0 Å². The van der Waals surface area contributed by atoms with Gasteiger partial charge in [-0.1, -0.05) is 13.0 Å². The van der Waals surface area contributed by atoms with E-state index in [0.29, 0.717) is 13.1 Å². The lowest BCUT2D eigenvalue weighted by Crippen LogP contribution is -2.43. The molecular weight excluding hydrogens is 290 g/mol. The van der Waals surface area contributed by atoms with Gasteiger partial charge in [0.05, 0.1) is 13.0 Å². The number of rotatable bonds is 7. The zero-order valence-corrected chi connectivity index (χ0v) is 14.3. The molecule has 1 atom stereocenters. The molecule has 3 N–H and O–H groups in total. The largest absolute Gasteiger partial charge is 0.497 e. The van der Waals surface area contributed by atoms with E-state index < -0.39 is 0 Å². The summed E-state index contributed by atoms with van der Waals surface area (Å²) in [6.07, 6.45) is 3.02. The molecule has 2 rings (SSSR count). The molecule has 1 heterocycles. The molecule has 1 fully saturated rings. The average Bonchev–Trinajstić information content (AvgIpc) is 2.60. The number of nitrogens with zero attached hydrogens (tertiary/aromatic N) is 1. The summed E-state index contributed by atoms with van der Waals surface area (Å²) in [6, 6.07) is 6.28. The van der Waals surface area contributed by atoms with Crippen LogP contribution in [0.15, 0.2) is 18.2 Å². The van der Waals surface area contributed by atoms with Gasteiger partial charge in [0.1, 0.15) is 5.75 Å². The second-order valence-corrected chi connectivity index (χ2v) is 6.14. The van der Waals surface area contributed by atoms with Crippen LogP contribution in [-0.2, 0) is 17.8 Å². The van der Waals surface area contributed by atoms with Crippen LogP contribution in [0.25, 0.3) is 0 Å². The van der Waals surface area contributed by atoms with E-state index in [1.165, 1.54) is 11.1 Å². The lowest BCUT2D eigenvalue weighted by Gasteiger charge is -2.32. The number of hydrogen-bond donors (Lipinski definition) is 2. The van der Waals surface area contributed by atoms with E-state index in [2.05, 4.69) is 29.3 Å². The molecule has 1 aliphatic rings. The van der Waals surface area contributed by atoms with Gasteiger partial charge in [0.2, 0.25) is 5.91 Å².